The maximum absolute atomic E-state index is 12.2. The summed E-state index contributed by atoms with van der Waals surface area (Å²) in [6.07, 6.45) is 0.116. The van der Waals surface area contributed by atoms with Crippen molar-refractivity contribution < 1.29 is 23.3 Å². The van der Waals surface area contributed by atoms with E-state index in [0.29, 0.717) is 16.6 Å². The number of ether oxygens (including phenoxy) is 2. The molecule has 3 rings (SSSR count). The Kier molecular flexibility index (Phi) is 9.56. The molecule has 0 bridgehead atoms. The van der Waals surface area contributed by atoms with Gasteiger partial charge < -0.3 is 18.5 Å². The lowest BCUT2D eigenvalue weighted by Crippen LogP contribution is -2.36. The number of benzene rings is 1. The molecule has 0 saturated carbocycles. The SMILES string of the molecule is CC[C@H]1O[C@@H](n2nnc3c(C(=O)OC)cccc32)[C@H](OP(OCCC#N)N(C(C)C)C(C)C)[C@@H]1C. The maximum Gasteiger partial charge on any atom is 0.340 e. The average Bonchev–Trinajstić information content (AvgIpc) is 3.39. The molecule has 1 unspecified atom stereocenters. The van der Waals surface area contributed by atoms with Crippen LogP contribution in [0.15, 0.2) is 18.2 Å². The van der Waals surface area contributed by atoms with Crippen LogP contribution in [0, 0.1) is 17.2 Å². The zero-order valence-electron chi connectivity index (χ0n) is 21.5. The molecule has 10 nitrogen and oxygen atoms in total. The van der Waals surface area contributed by atoms with Crippen LogP contribution in [0.3, 0.4) is 0 Å². The number of esters is 1. The molecule has 0 spiro atoms. The number of carbonyl (C=O) groups excluding carboxylic acids is 1. The fraction of sp³-hybridized carbons (Fsp3) is 0.667. The summed E-state index contributed by atoms with van der Waals surface area (Å²) in [7, 11) is -0.134. The number of nitrogens with zero attached hydrogens (tertiary/aromatic N) is 5. The summed E-state index contributed by atoms with van der Waals surface area (Å²) in [6, 6.07) is 7.79. The standard InChI is InChI=1S/C24H36N5O5P/c1-8-20-17(6)22(34-35(32-14-10-13-25)29(15(2)3)16(4)5)23(33-20)28-19-12-9-11-18(24(30)31-7)21(19)26-27-28/h9,11-12,15-17,20,22-23H,8,10,14H2,1-7H3/t17-,20-,22-,23-,35?/m1/s1. The topological polar surface area (TPSA) is 112 Å². The second-order valence-electron chi connectivity index (χ2n) is 9.15. The zero-order valence-corrected chi connectivity index (χ0v) is 22.4. The Morgan fingerprint density at radius 2 is 2.03 bits per heavy atom. The van der Waals surface area contributed by atoms with Gasteiger partial charge in [0.15, 0.2) is 6.23 Å². The number of carbonyl (C=O) groups is 1. The van der Waals surface area contributed by atoms with E-state index >= 15 is 0 Å². The Morgan fingerprint density at radius 3 is 2.63 bits per heavy atom. The molecule has 0 aliphatic carbocycles. The fourth-order valence-corrected chi connectivity index (χ4v) is 6.30. The molecule has 1 saturated heterocycles. The third-order valence-electron chi connectivity index (χ3n) is 6.13. The van der Waals surface area contributed by atoms with Crippen molar-refractivity contribution in [2.24, 2.45) is 5.92 Å². The van der Waals surface area contributed by atoms with Gasteiger partial charge in [-0.2, -0.15) is 5.26 Å². The summed E-state index contributed by atoms with van der Waals surface area (Å²) in [5, 5.41) is 17.7. The molecule has 0 radical (unpaired) electrons. The largest absolute Gasteiger partial charge is 0.465 e. The van der Waals surface area contributed by atoms with Gasteiger partial charge in [-0.25, -0.2) is 14.1 Å². The predicted octanol–water partition coefficient (Wildman–Crippen LogP) is 4.82. The summed E-state index contributed by atoms with van der Waals surface area (Å²) >= 11 is 0. The van der Waals surface area contributed by atoms with Gasteiger partial charge in [0.1, 0.15) is 11.6 Å². The lowest BCUT2D eigenvalue weighted by molar-refractivity contribution is -0.0399. The van der Waals surface area contributed by atoms with Gasteiger partial charge in [0.05, 0.1) is 43.4 Å². The van der Waals surface area contributed by atoms with Crippen LogP contribution in [0.1, 0.15) is 71.0 Å². The average molecular weight is 506 g/mol. The normalized spacial score (nSPS) is 23.3. The Hall–Kier alpha value is -2.15. The first kappa shape index (κ1) is 27.4. The van der Waals surface area contributed by atoms with Gasteiger partial charge in [-0.1, -0.05) is 25.1 Å². The predicted molar refractivity (Wildman–Crippen MR) is 132 cm³/mol. The summed E-state index contributed by atoms with van der Waals surface area (Å²) in [4.78, 5) is 12.2. The summed E-state index contributed by atoms with van der Waals surface area (Å²) < 4.78 is 28.1. The van der Waals surface area contributed by atoms with Gasteiger partial charge in [-0.15, -0.1) is 5.10 Å². The molecule has 2 aromatic rings. The highest BCUT2D eigenvalue weighted by atomic mass is 31.2. The molecule has 2 heterocycles. The van der Waals surface area contributed by atoms with Crippen molar-refractivity contribution in [3.05, 3.63) is 23.8 Å². The van der Waals surface area contributed by atoms with E-state index in [1.165, 1.54) is 7.11 Å². The molecule has 1 fully saturated rings. The van der Waals surface area contributed by atoms with E-state index in [4.69, 9.17) is 23.8 Å². The first-order chi connectivity index (χ1) is 16.7. The highest BCUT2D eigenvalue weighted by molar-refractivity contribution is 7.44. The van der Waals surface area contributed by atoms with Crippen molar-refractivity contribution >= 4 is 25.5 Å². The van der Waals surface area contributed by atoms with E-state index in [9.17, 15) is 4.79 Å². The van der Waals surface area contributed by atoms with Gasteiger partial charge in [0, 0.05) is 18.0 Å². The molecule has 1 aromatic heterocycles. The quantitative estimate of drug-likeness (QED) is 0.241. The van der Waals surface area contributed by atoms with E-state index < -0.39 is 20.7 Å². The van der Waals surface area contributed by atoms with Crippen LogP contribution in [-0.4, -0.2) is 63.6 Å². The van der Waals surface area contributed by atoms with E-state index in [1.807, 2.05) is 6.07 Å². The van der Waals surface area contributed by atoms with E-state index in [2.05, 4.69) is 62.6 Å². The second kappa shape index (κ2) is 12.2. The zero-order chi connectivity index (χ0) is 25.7. The Labute approximate surface area is 208 Å². The fourth-order valence-electron chi connectivity index (χ4n) is 4.49. The Balaban J connectivity index is 2.00. The highest BCUT2D eigenvalue weighted by Crippen LogP contribution is 2.52. The highest BCUT2D eigenvalue weighted by Gasteiger charge is 2.47. The molecule has 5 atom stereocenters. The minimum atomic E-state index is -1.47. The number of methoxy groups -OCH3 is 1. The maximum atomic E-state index is 12.2. The summed E-state index contributed by atoms with van der Waals surface area (Å²) in [5.74, 6) is -0.416. The van der Waals surface area contributed by atoms with E-state index in [1.54, 1.807) is 16.8 Å². The number of hydrogen-bond acceptors (Lipinski definition) is 9. The first-order valence-corrected chi connectivity index (χ1v) is 13.2. The molecule has 1 aliphatic rings. The number of fused-ring (bicyclic) bond motifs is 1. The van der Waals surface area contributed by atoms with Crippen LogP contribution in [0.2, 0.25) is 0 Å². The number of rotatable bonds is 11. The minimum absolute atomic E-state index is 0.0458. The monoisotopic (exact) mass is 505 g/mol. The third kappa shape index (κ3) is 5.82. The van der Waals surface area contributed by atoms with Gasteiger partial charge >= 0.3 is 5.97 Å². The second-order valence-corrected chi connectivity index (χ2v) is 10.6. The van der Waals surface area contributed by atoms with Crippen molar-refractivity contribution in [2.45, 2.75) is 84.9 Å². The number of nitriles is 1. The molecule has 35 heavy (non-hydrogen) atoms. The molecule has 1 aliphatic heterocycles. The van der Waals surface area contributed by atoms with Crippen LogP contribution in [0.25, 0.3) is 11.0 Å². The van der Waals surface area contributed by atoms with Crippen molar-refractivity contribution in [2.75, 3.05) is 13.7 Å². The van der Waals surface area contributed by atoms with Crippen molar-refractivity contribution in [3.8, 4) is 6.07 Å². The van der Waals surface area contributed by atoms with Gasteiger partial charge in [-0.3, -0.25) is 0 Å². The van der Waals surface area contributed by atoms with Gasteiger partial charge in [-0.05, 0) is 46.2 Å². The van der Waals surface area contributed by atoms with E-state index in [0.717, 1.165) is 6.42 Å². The lowest BCUT2D eigenvalue weighted by atomic mass is 9.99. The molecule has 0 N–H and O–H groups in total. The lowest BCUT2D eigenvalue weighted by Gasteiger charge is -2.38. The Morgan fingerprint density at radius 1 is 1.31 bits per heavy atom. The van der Waals surface area contributed by atoms with Gasteiger partial charge in [0.2, 0.25) is 0 Å². The molecule has 192 valence electrons. The molecular weight excluding hydrogens is 469 g/mol. The summed E-state index contributed by atoms with van der Waals surface area (Å²) in [6.45, 7) is 12.9. The molecular formula is C24H36N5O5P. The van der Waals surface area contributed by atoms with Crippen LogP contribution >= 0.6 is 8.53 Å². The number of hydrogen-bond donors (Lipinski definition) is 0. The smallest absolute Gasteiger partial charge is 0.340 e. The van der Waals surface area contributed by atoms with Crippen molar-refractivity contribution in [3.63, 3.8) is 0 Å². The van der Waals surface area contributed by atoms with Crippen LogP contribution in [0.5, 0.6) is 0 Å². The molecule has 0 amide bonds. The molecule has 11 heteroatoms. The minimum Gasteiger partial charge on any atom is -0.465 e. The van der Waals surface area contributed by atoms with Gasteiger partial charge in [0.25, 0.3) is 8.53 Å². The van der Waals surface area contributed by atoms with Crippen LogP contribution < -0.4 is 0 Å². The first-order valence-electron chi connectivity index (χ1n) is 12.1. The Bertz CT molecular complexity index is 1030. The van der Waals surface area contributed by atoms with Crippen LogP contribution in [0.4, 0.5) is 0 Å². The van der Waals surface area contributed by atoms with E-state index in [-0.39, 0.29) is 43.2 Å². The van der Waals surface area contributed by atoms with Crippen LogP contribution in [-0.2, 0) is 18.5 Å². The van der Waals surface area contributed by atoms with Crippen molar-refractivity contribution in [1.29, 1.82) is 5.26 Å². The van der Waals surface area contributed by atoms with Crippen molar-refractivity contribution in [1.82, 2.24) is 19.7 Å². The number of aromatic nitrogens is 3. The molecule has 1 aromatic carbocycles. The third-order valence-corrected chi connectivity index (χ3v) is 8.25. The summed E-state index contributed by atoms with van der Waals surface area (Å²) in [5.41, 5.74) is 1.46.